The number of carbonyl (C=O) groups is 1. The van der Waals surface area contributed by atoms with Crippen molar-refractivity contribution in [2.45, 2.75) is 12.5 Å². The molecule has 1 saturated heterocycles. The molecule has 19 heavy (non-hydrogen) atoms. The third-order valence-electron chi connectivity index (χ3n) is 3.21. The van der Waals surface area contributed by atoms with Gasteiger partial charge in [0.1, 0.15) is 0 Å². The topological polar surface area (TPSA) is 84.3 Å². The molecule has 1 aliphatic heterocycles. The highest BCUT2D eigenvalue weighted by molar-refractivity contribution is 7.91. The number of hydrogen-bond acceptors (Lipinski definition) is 5. The van der Waals surface area contributed by atoms with Crippen molar-refractivity contribution in [3.63, 3.8) is 0 Å². The smallest absolute Gasteiger partial charge is 0.239 e. The van der Waals surface area contributed by atoms with E-state index in [1.54, 1.807) is 35.9 Å². The molecule has 2 rings (SSSR count). The number of aryl methyl sites for hydroxylation is 1. The zero-order valence-electron chi connectivity index (χ0n) is 11.0. The summed E-state index contributed by atoms with van der Waals surface area (Å²) < 4.78 is 24.4. The highest BCUT2D eigenvalue weighted by Crippen LogP contribution is 2.16. The van der Waals surface area contributed by atoms with Crippen molar-refractivity contribution < 1.29 is 13.2 Å². The van der Waals surface area contributed by atoms with E-state index in [9.17, 15) is 13.2 Å². The van der Waals surface area contributed by atoms with Gasteiger partial charge in [0, 0.05) is 25.4 Å². The monoisotopic (exact) mass is 286 g/mol. The van der Waals surface area contributed by atoms with Gasteiger partial charge >= 0.3 is 0 Å². The maximum atomic E-state index is 11.8. The number of aromatic nitrogens is 2. The number of hydrogen-bond donors (Lipinski definition) is 1. The summed E-state index contributed by atoms with van der Waals surface area (Å²) in [7, 11) is 0.616. The first-order valence-corrected chi connectivity index (χ1v) is 7.88. The molecular weight excluding hydrogens is 268 g/mol. The molecule has 7 nitrogen and oxygen atoms in total. The van der Waals surface area contributed by atoms with E-state index in [1.165, 1.54) is 0 Å². The van der Waals surface area contributed by atoms with Gasteiger partial charge in [0.15, 0.2) is 15.7 Å². The second-order valence-electron chi connectivity index (χ2n) is 4.89. The van der Waals surface area contributed by atoms with Crippen LogP contribution in [-0.2, 0) is 21.7 Å². The first kappa shape index (κ1) is 14.0. The van der Waals surface area contributed by atoms with Crippen LogP contribution < -0.4 is 5.32 Å². The number of sulfone groups is 1. The average molecular weight is 286 g/mol. The van der Waals surface area contributed by atoms with E-state index >= 15 is 0 Å². The van der Waals surface area contributed by atoms with E-state index < -0.39 is 9.84 Å². The van der Waals surface area contributed by atoms with Crippen LogP contribution >= 0.6 is 0 Å². The van der Waals surface area contributed by atoms with Crippen LogP contribution in [0.4, 0.5) is 5.82 Å². The molecule has 1 aromatic rings. The minimum absolute atomic E-state index is 0.0699. The van der Waals surface area contributed by atoms with Crippen LogP contribution in [0.15, 0.2) is 12.3 Å². The van der Waals surface area contributed by atoms with Crippen molar-refractivity contribution in [2.24, 2.45) is 7.05 Å². The fourth-order valence-electron chi connectivity index (χ4n) is 2.14. The van der Waals surface area contributed by atoms with Crippen LogP contribution in [0.2, 0.25) is 0 Å². The number of carbonyl (C=O) groups excluding carboxylic acids is 1. The summed E-state index contributed by atoms with van der Waals surface area (Å²) in [6, 6.07) is 1.64. The molecular formula is C11H18N4O3S. The summed E-state index contributed by atoms with van der Waals surface area (Å²) in [6.07, 6.45) is 2.33. The van der Waals surface area contributed by atoms with Crippen LogP contribution in [0.25, 0.3) is 0 Å². The number of nitrogens with zero attached hydrogens (tertiary/aromatic N) is 3. The highest BCUT2D eigenvalue weighted by atomic mass is 32.2. The minimum atomic E-state index is -2.92. The molecule has 1 aliphatic rings. The van der Waals surface area contributed by atoms with Gasteiger partial charge in [-0.1, -0.05) is 0 Å². The van der Waals surface area contributed by atoms with Crippen molar-refractivity contribution in [1.82, 2.24) is 14.7 Å². The number of amides is 1. The van der Waals surface area contributed by atoms with E-state index in [2.05, 4.69) is 10.4 Å². The van der Waals surface area contributed by atoms with Gasteiger partial charge in [-0.05, 0) is 13.5 Å². The molecule has 1 aromatic heterocycles. The van der Waals surface area contributed by atoms with Crippen LogP contribution in [-0.4, -0.2) is 60.1 Å². The molecule has 0 radical (unpaired) electrons. The molecule has 0 unspecified atom stereocenters. The molecule has 0 aromatic carbocycles. The average Bonchev–Trinajstić information content (AvgIpc) is 2.84. The Morgan fingerprint density at radius 2 is 2.37 bits per heavy atom. The molecule has 2 heterocycles. The fourth-order valence-corrected chi connectivity index (χ4v) is 3.95. The van der Waals surface area contributed by atoms with Gasteiger partial charge < -0.3 is 5.32 Å². The number of nitrogens with one attached hydrogen (secondary N) is 1. The predicted molar refractivity (Wildman–Crippen MR) is 71.5 cm³/mol. The normalized spacial score (nSPS) is 21.7. The number of likely N-dealkylation sites (N-methyl/N-ethyl adjacent to an activating group) is 1. The lowest BCUT2D eigenvalue weighted by Crippen LogP contribution is -2.38. The van der Waals surface area contributed by atoms with E-state index in [-0.39, 0.29) is 30.0 Å². The lowest BCUT2D eigenvalue weighted by atomic mass is 10.2. The Balaban J connectivity index is 1.85. The molecule has 0 spiro atoms. The van der Waals surface area contributed by atoms with Gasteiger partial charge in [-0.25, -0.2) is 8.42 Å². The van der Waals surface area contributed by atoms with Gasteiger partial charge in [0.25, 0.3) is 0 Å². The molecule has 0 saturated carbocycles. The molecule has 0 aliphatic carbocycles. The second-order valence-corrected chi connectivity index (χ2v) is 7.12. The Morgan fingerprint density at radius 1 is 1.63 bits per heavy atom. The highest BCUT2D eigenvalue weighted by Gasteiger charge is 2.31. The van der Waals surface area contributed by atoms with Gasteiger partial charge in [0.2, 0.25) is 5.91 Å². The lowest BCUT2D eigenvalue weighted by Gasteiger charge is -2.21. The molecule has 1 atom stereocenters. The third-order valence-corrected chi connectivity index (χ3v) is 4.96. The molecule has 1 N–H and O–H groups in total. The van der Waals surface area contributed by atoms with Gasteiger partial charge in [-0.2, -0.15) is 5.10 Å². The van der Waals surface area contributed by atoms with E-state index in [0.29, 0.717) is 12.2 Å². The first-order chi connectivity index (χ1) is 8.85. The summed E-state index contributed by atoms with van der Waals surface area (Å²) in [5, 5.41) is 6.72. The second kappa shape index (κ2) is 5.30. The first-order valence-electron chi connectivity index (χ1n) is 6.06. The maximum Gasteiger partial charge on any atom is 0.239 e. The van der Waals surface area contributed by atoms with Crippen molar-refractivity contribution in [1.29, 1.82) is 0 Å². The molecule has 1 amide bonds. The van der Waals surface area contributed by atoms with Gasteiger partial charge in [0.05, 0.1) is 18.1 Å². The zero-order valence-corrected chi connectivity index (χ0v) is 11.9. The third kappa shape index (κ3) is 3.77. The summed E-state index contributed by atoms with van der Waals surface area (Å²) in [4.78, 5) is 13.6. The van der Waals surface area contributed by atoms with E-state index in [0.717, 1.165) is 0 Å². The molecule has 106 valence electrons. The standard InChI is InChI=1S/C11H18N4O3S/c1-14(9-4-6-19(17,18)8-9)7-11(16)12-10-3-5-15(2)13-10/h3,5,9H,4,6-8H2,1-2H3,(H,12,13,16)/t9-/m0/s1. The van der Waals surface area contributed by atoms with Gasteiger partial charge in [-0.3, -0.25) is 14.4 Å². The fraction of sp³-hybridized carbons (Fsp3) is 0.636. The maximum absolute atomic E-state index is 11.8. The van der Waals surface area contributed by atoms with E-state index in [4.69, 9.17) is 0 Å². The number of rotatable bonds is 4. The van der Waals surface area contributed by atoms with Gasteiger partial charge in [-0.15, -0.1) is 0 Å². The Hall–Kier alpha value is -1.41. The summed E-state index contributed by atoms with van der Waals surface area (Å²) in [5.74, 6) is 0.662. The molecule has 1 fully saturated rings. The van der Waals surface area contributed by atoms with Crippen molar-refractivity contribution in [3.05, 3.63) is 12.3 Å². The number of anilines is 1. The van der Waals surface area contributed by atoms with Crippen molar-refractivity contribution in [2.75, 3.05) is 30.4 Å². The SMILES string of the molecule is CN(CC(=O)Nc1ccn(C)n1)[C@H]1CCS(=O)(=O)C1. The van der Waals surface area contributed by atoms with Crippen LogP contribution in [0.5, 0.6) is 0 Å². The molecule has 0 bridgehead atoms. The minimum Gasteiger partial charge on any atom is -0.308 e. The van der Waals surface area contributed by atoms with E-state index in [1.807, 2.05) is 0 Å². The van der Waals surface area contributed by atoms with Crippen LogP contribution in [0.1, 0.15) is 6.42 Å². The Kier molecular flexibility index (Phi) is 3.91. The zero-order chi connectivity index (χ0) is 14.0. The summed E-state index contributed by atoms with van der Waals surface area (Å²) in [5.41, 5.74) is 0. The van der Waals surface area contributed by atoms with Crippen molar-refractivity contribution >= 4 is 21.6 Å². The van der Waals surface area contributed by atoms with Crippen LogP contribution in [0.3, 0.4) is 0 Å². The quantitative estimate of drug-likeness (QED) is 0.805. The Labute approximate surface area is 112 Å². The molecule has 8 heteroatoms. The predicted octanol–water partition coefficient (Wildman–Crippen LogP) is -0.522. The summed E-state index contributed by atoms with van der Waals surface area (Å²) in [6.45, 7) is 0.163. The van der Waals surface area contributed by atoms with Crippen molar-refractivity contribution in [3.8, 4) is 0 Å². The largest absolute Gasteiger partial charge is 0.308 e. The summed E-state index contributed by atoms with van der Waals surface area (Å²) >= 11 is 0. The Morgan fingerprint density at radius 3 is 2.89 bits per heavy atom. The Bertz CT molecular complexity index is 566. The van der Waals surface area contributed by atoms with Crippen LogP contribution in [0, 0.1) is 0 Å². The lowest BCUT2D eigenvalue weighted by molar-refractivity contribution is -0.117.